The van der Waals surface area contributed by atoms with Crippen molar-refractivity contribution in [3.63, 3.8) is 0 Å². The number of carboxylic acids is 1. The van der Waals surface area contributed by atoms with Crippen LogP contribution in [-0.4, -0.2) is 40.1 Å². The third-order valence-corrected chi connectivity index (χ3v) is 5.84. The molecule has 8 heteroatoms. The monoisotopic (exact) mass is 410 g/mol. The smallest absolute Gasteiger partial charge is 0.242 e. The number of nitrogens with one attached hydrogen (secondary N) is 1. The Balaban J connectivity index is 1.68. The second-order valence-electron chi connectivity index (χ2n) is 6.79. The van der Waals surface area contributed by atoms with E-state index in [4.69, 9.17) is 0 Å². The average molecular weight is 410 g/mol. The maximum atomic E-state index is 12.5. The van der Waals surface area contributed by atoms with E-state index in [1.807, 2.05) is 32.0 Å². The van der Waals surface area contributed by atoms with Crippen molar-refractivity contribution >= 4 is 46.1 Å². The SMILES string of the molecule is Cc1ccc(N=C2S[C@H](CC(=O)Nc3cccc(C(=O)[O-])c3)C(=O)N2C)cc1C. The summed E-state index contributed by atoms with van der Waals surface area (Å²) in [4.78, 5) is 41.8. The maximum absolute atomic E-state index is 12.5. The largest absolute Gasteiger partial charge is 0.545 e. The number of rotatable bonds is 5. The van der Waals surface area contributed by atoms with E-state index >= 15 is 0 Å². The number of carbonyl (C=O) groups is 3. The fraction of sp³-hybridized carbons (Fsp3) is 0.238. The highest BCUT2D eigenvalue weighted by atomic mass is 32.2. The summed E-state index contributed by atoms with van der Waals surface area (Å²) >= 11 is 1.24. The summed E-state index contributed by atoms with van der Waals surface area (Å²) in [5.74, 6) is -1.90. The molecular formula is C21H20N3O4S-. The van der Waals surface area contributed by atoms with Gasteiger partial charge in [-0.2, -0.15) is 0 Å². The predicted octanol–water partition coefficient (Wildman–Crippen LogP) is 2.26. The molecule has 2 amide bonds. The van der Waals surface area contributed by atoms with Crippen LogP contribution < -0.4 is 10.4 Å². The molecule has 0 bridgehead atoms. The minimum absolute atomic E-state index is 0.0309. The van der Waals surface area contributed by atoms with Gasteiger partial charge >= 0.3 is 0 Å². The Labute approximate surface area is 172 Å². The molecule has 1 fully saturated rings. The summed E-state index contributed by atoms with van der Waals surface area (Å²) in [6, 6.07) is 11.6. The summed E-state index contributed by atoms with van der Waals surface area (Å²) in [6.45, 7) is 4.02. The van der Waals surface area contributed by atoms with Crippen LogP contribution in [0.25, 0.3) is 0 Å². The van der Waals surface area contributed by atoms with Crippen LogP contribution in [0.1, 0.15) is 27.9 Å². The Morgan fingerprint density at radius 1 is 1.17 bits per heavy atom. The van der Waals surface area contributed by atoms with Crippen LogP contribution >= 0.6 is 11.8 Å². The molecule has 0 aromatic heterocycles. The van der Waals surface area contributed by atoms with Gasteiger partial charge in [-0.05, 0) is 54.8 Å². The van der Waals surface area contributed by atoms with Gasteiger partial charge in [0.15, 0.2) is 5.17 Å². The van der Waals surface area contributed by atoms with Crippen LogP contribution in [0.2, 0.25) is 0 Å². The molecule has 2 aromatic rings. The number of carboxylic acid groups (broad SMARTS) is 1. The van der Waals surface area contributed by atoms with Crippen LogP contribution in [0.3, 0.4) is 0 Å². The number of aliphatic imine (C=N–C) groups is 1. The highest BCUT2D eigenvalue weighted by Crippen LogP contribution is 2.31. The van der Waals surface area contributed by atoms with Gasteiger partial charge in [0.2, 0.25) is 11.8 Å². The van der Waals surface area contributed by atoms with Crippen molar-refractivity contribution in [1.29, 1.82) is 0 Å². The van der Waals surface area contributed by atoms with E-state index in [2.05, 4.69) is 10.3 Å². The second kappa shape index (κ2) is 8.48. The first kappa shape index (κ1) is 20.6. The standard InChI is InChI=1S/C21H21N3O4S/c1-12-7-8-16(9-13(12)2)23-21-24(3)19(26)17(29-21)11-18(25)22-15-6-4-5-14(10-15)20(27)28/h4-10,17H,11H2,1-3H3,(H,22,25)(H,27,28)/p-1/t17-/m1/s1. The zero-order valence-corrected chi connectivity index (χ0v) is 17.1. The average Bonchev–Trinajstić information content (AvgIpc) is 2.92. The van der Waals surface area contributed by atoms with Crippen molar-refractivity contribution < 1.29 is 19.5 Å². The number of hydrogen-bond acceptors (Lipinski definition) is 6. The van der Waals surface area contributed by atoms with Crippen molar-refractivity contribution in [2.24, 2.45) is 4.99 Å². The van der Waals surface area contributed by atoms with Gasteiger partial charge in [-0.1, -0.05) is 30.0 Å². The molecule has 1 N–H and O–H groups in total. The first-order valence-electron chi connectivity index (χ1n) is 8.96. The number of thioether (sulfide) groups is 1. The fourth-order valence-corrected chi connectivity index (χ4v) is 3.96. The molecule has 7 nitrogen and oxygen atoms in total. The zero-order chi connectivity index (χ0) is 21.1. The quantitative estimate of drug-likeness (QED) is 0.815. The van der Waals surface area contributed by atoms with Crippen molar-refractivity contribution in [2.75, 3.05) is 12.4 Å². The molecule has 150 valence electrons. The molecule has 0 radical (unpaired) electrons. The van der Waals surface area contributed by atoms with Crippen molar-refractivity contribution in [3.05, 3.63) is 59.2 Å². The van der Waals surface area contributed by atoms with Crippen LogP contribution in [0.4, 0.5) is 11.4 Å². The number of nitrogens with zero attached hydrogens (tertiary/aromatic N) is 2. The molecule has 2 aromatic carbocycles. The van der Waals surface area contributed by atoms with E-state index < -0.39 is 11.2 Å². The predicted molar refractivity (Wildman–Crippen MR) is 111 cm³/mol. The molecular weight excluding hydrogens is 390 g/mol. The Bertz CT molecular complexity index is 1020. The molecule has 0 spiro atoms. The number of anilines is 1. The van der Waals surface area contributed by atoms with Gasteiger partial charge < -0.3 is 15.2 Å². The van der Waals surface area contributed by atoms with Gasteiger partial charge in [0.25, 0.3) is 0 Å². The Hall–Kier alpha value is -3.13. The molecule has 1 saturated heterocycles. The lowest BCUT2D eigenvalue weighted by Crippen LogP contribution is -2.30. The van der Waals surface area contributed by atoms with Gasteiger partial charge in [0, 0.05) is 19.2 Å². The lowest BCUT2D eigenvalue weighted by Gasteiger charge is -2.10. The molecule has 1 heterocycles. The number of benzene rings is 2. The lowest BCUT2D eigenvalue weighted by atomic mass is 10.1. The van der Waals surface area contributed by atoms with Gasteiger partial charge in [0.05, 0.1) is 11.7 Å². The molecule has 1 aliphatic heterocycles. The molecule has 0 saturated carbocycles. The summed E-state index contributed by atoms with van der Waals surface area (Å²) in [7, 11) is 1.64. The zero-order valence-electron chi connectivity index (χ0n) is 16.3. The van der Waals surface area contributed by atoms with E-state index in [0.29, 0.717) is 10.9 Å². The van der Waals surface area contributed by atoms with Gasteiger partial charge in [-0.3, -0.25) is 14.5 Å². The molecule has 3 rings (SSSR count). The maximum Gasteiger partial charge on any atom is 0.242 e. The van der Waals surface area contributed by atoms with Crippen LogP contribution in [0.5, 0.6) is 0 Å². The Morgan fingerprint density at radius 2 is 1.93 bits per heavy atom. The summed E-state index contributed by atoms with van der Waals surface area (Å²) in [5, 5.41) is 13.5. The van der Waals surface area contributed by atoms with E-state index in [1.165, 1.54) is 34.9 Å². The van der Waals surface area contributed by atoms with Gasteiger partial charge in [0.1, 0.15) is 5.25 Å². The summed E-state index contributed by atoms with van der Waals surface area (Å²) < 4.78 is 0. The topological polar surface area (TPSA) is 102 Å². The summed E-state index contributed by atoms with van der Waals surface area (Å²) in [5.41, 5.74) is 3.33. The van der Waals surface area contributed by atoms with E-state index in [9.17, 15) is 19.5 Å². The van der Waals surface area contributed by atoms with Gasteiger partial charge in [-0.25, -0.2) is 4.99 Å². The molecule has 0 unspecified atom stereocenters. The number of amides is 2. The third kappa shape index (κ3) is 4.83. The molecule has 29 heavy (non-hydrogen) atoms. The number of aromatic carboxylic acids is 1. The minimum Gasteiger partial charge on any atom is -0.545 e. The van der Waals surface area contributed by atoms with Crippen molar-refractivity contribution in [1.82, 2.24) is 4.90 Å². The highest BCUT2D eigenvalue weighted by molar-refractivity contribution is 8.15. The highest BCUT2D eigenvalue weighted by Gasteiger charge is 2.37. The van der Waals surface area contributed by atoms with Crippen molar-refractivity contribution in [2.45, 2.75) is 25.5 Å². The van der Waals surface area contributed by atoms with E-state index in [1.54, 1.807) is 13.1 Å². The van der Waals surface area contributed by atoms with Crippen LogP contribution in [-0.2, 0) is 9.59 Å². The Morgan fingerprint density at radius 3 is 2.62 bits per heavy atom. The van der Waals surface area contributed by atoms with E-state index in [0.717, 1.165) is 16.8 Å². The van der Waals surface area contributed by atoms with E-state index in [-0.39, 0.29) is 23.8 Å². The van der Waals surface area contributed by atoms with Crippen LogP contribution in [0.15, 0.2) is 47.5 Å². The molecule has 0 aliphatic carbocycles. The number of amidine groups is 1. The minimum atomic E-state index is -1.32. The number of hydrogen-bond donors (Lipinski definition) is 1. The second-order valence-corrected chi connectivity index (χ2v) is 7.96. The normalized spacial score (nSPS) is 17.6. The van der Waals surface area contributed by atoms with Crippen molar-refractivity contribution in [3.8, 4) is 0 Å². The molecule has 1 atom stereocenters. The Kier molecular flexibility index (Phi) is 6.03. The number of carbonyl (C=O) groups excluding carboxylic acids is 3. The van der Waals surface area contributed by atoms with Crippen LogP contribution in [0, 0.1) is 13.8 Å². The lowest BCUT2D eigenvalue weighted by molar-refractivity contribution is -0.255. The summed E-state index contributed by atoms with van der Waals surface area (Å²) in [6.07, 6.45) is -0.0463. The molecule has 1 aliphatic rings. The third-order valence-electron chi connectivity index (χ3n) is 4.61. The first-order chi connectivity index (χ1) is 13.7. The fourth-order valence-electron chi connectivity index (χ4n) is 2.81. The number of aryl methyl sites for hydroxylation is 2. The first-order valence-corrected chi connectivity index (χ1v) is 9.84. The van der Waals surface area contributed by atoms with Gasteiger partial charge in [-0.15, -0.1) is 0 Å².